The SMILES string of the molecule is CCOc1cccc(C(C)NC(=O)c2sc(C)cc2OC(F)F)c1. The monoisotopic (exact) mass is 355 g/mol. The number of alkyl halides is 2. The highest BCUT2D eigenvalue weighted by molar-refractivity contribution is 7.14. The highest BCUT2D eigenvalue weighted by Crippen LogP contribution is 2.31. The van der Waals surface area contributed by atoms with Crippen LogP contribution in [0.2, 0.25) is 0 Å². The van der Waals surface area contributed by atoms with Gasteiger partial charge in [-0.3, -0.25) is 4.79 Å². The largest absolute Gasteiger partial charge is 0.494 e. The molecule has 0 aliphatic rings. The maximum atomic E-state index is 12.5. The Labute approximate surface area is 143 Å². The van der Waals surface area contributed by atoms with Crippen molar-refractivity contribution in [2.75, 3.05) is 6.61 Å². The third kappa shape index (κ3) is 4.67. The summed E-state index contributed by atoms with van der Waals surface area (Å²) >= 11 is 1.12. The summed E-state index contributed by atoms with van der Waals surface area (Å²) in [4.78, 5) is 13.3. The van der Waals surface area contributed by atoms with Crippen LogP contribution in [-0.4, -0.2) is 19.1 Å². The first-order chi connectivity index (χ1) is 11.4. The minimum Gasteiger partial charge on any atom is -0.494 e. The average Bonchev–Trinajstić information content (AvgIpc) is 2.87. The molecule has 130 valence electrons. The standard InChI is InChI=1S/C17H19F2NO3S/c1-4-22-13-7-5-6-12(9-13)11(3)20-16(21)15-14(23-17(18)19)8-10(2)24-15/h5-9,11,17H,4H2,1-3H3,(H,20,21). The van der Waals surface area contributed by atoms with Crippen molar-refractivity contribution in [1.29, 1.82) is 0 Å². The number of hydrogen-bond donors (Lipinski definition) is 1. The van der Waals surface area contributed by atoms with Gasteiger partial charge in [-0.25, -0.2) is 0 Å². The Morgan fingerprint density at radius 1 is 1.33 bits per heavy atom. The van der Waals surface area contributed by atoms with Crippen LogP contribution in [-0.2, 0) is 0 Å². The summed E-state index contributed by atoms with van der Waals surface area (Å²) in [6, 6.07) is 8.50. The lowest BCUT2D eigenvalue weighted by atomic mass is 10.1. The van der Waals surface area contributed by atoms with Gasteiger partial charge in [0.1, 0.15) is 16.4 Å². The van der Waals surface area contributed by atoms with Gasteiger partial charge in [-0.05, 0) is 44.5 Å². The van der Waals surface area contributed by atoms with Gasteiger partial charge < -0.3 is 14.8 Å². The molecular formula is C17H19F2NO3S. The molecule has 1 heterocycles. The summed E-state index contributed by atoms with van der Waals surface area (Å²) < 4.78 is 34.8. The maximum Gasteiger partial charge on any atom is 0.387 e. The smallest absolute Gasteiger partial charge is 0.387 e. The zero-order valence-corrected chi connectivity index (χ0v) is 14.5. The molecule has 0 saturated carbocycles. The Kier molecular flexibility index (Phi) is 6.14. The second kappa shape index (κ2) is 8.10. The van der Waals surface area contributed by atoms with Crippen molar-refractivity contribution in [3.63, 3.8) is 0 Å². The van der Waals surface area contributed by atoms with Crippen LogP contribution in [0.3, 0.4) is 0 Å². The normalized spacial score (nSPS) is 12.1. The van der Waals surface area contributed by atoms with E-state index in [1.54, 1.807) is 6.92 Å². The predicted molar refractivity (Wildman–Crippen MR) is 89.2 cm³/mol. The second-order valence-corrected chi connectivity index (χ2v) is 6.39. The number of benzene rings is 1. The molecule has 0 spiro atoms. The Morgan fingerprint density at radius 2 is 2.08 bits per heavy atom. The van der Waals surface area contributed by atoms with E-state index in [-0.39, 0.29) is 16.7 Å². The van der Waals surface area contributed by atoms with Crippen LogP contribution >= 0.6 is 11.3 Å². The quantitative estimate of drug-likeness (QED) is 0.793. The zero-order valence-electron chi connectivity index (χ0n) is 13.6. The first kappa shape index (κ1) is 18.2. The van der Waals surface area contributed by atoms with E-state index in [9.17, 15) is 13.6 Å². The number of amides is 1. The minimum absolute atomic E-state index is 0.0970. The van der Waals surface area contributed by atoms with Crippen LogP contribution in [0.4, 0.5) is 8.78 Å². The van der Waals surface area contributed by atoms with E-state index >= 15 is 0 Å². The van der Waals surface area contributed by atoms with Crippen molar-refractivity contribution in [2.45, 2.75) is 33.4 Å². The van der Waals surface area contributed by atoms with Gasteiger partial charge in [0.05, 0.1) is 12.6 Å². The molecule has 4 nitrogen and oxygen atoms in total. The first-order valence-electron chi connectivity index (χ1n) is 7.49. The Bertz CT molecular complexity index is 703. The number of hydrogen-bond acceptors (Lipinski definition) is 4. The third-order valence-corrected chi connectivity index (χ3v) is 4.29. The summed E-state index contributed by atoms with van der Waals surface area (Å²) in [5.41, 5.74) is 0.860. The third-order valence-electron chi connectivity index (χ3n) is 3.26. The zero-order chi connectivity index (χ0) is 17.7. The number of carbonyl (C=O) groups excluding carboxylic acids is 1. The topological polar surface area (TPSA) is 47.6 Å². The van der Waals surface area contributed by atoms with Gasteiger partial charge in [0, 0.05) is 4.88 Å². The van der Waals surface area contributed by atoms with Crippen molar-refractivity contribution in [3.8, 4) is 11.5 Å². The summed E-state index contributed by atoms with van der Waals surface area (Å²) in [7, 11) is 0. The van der Waals surface area contributed by atoms with Crippen LogP contribution in [0.25, 0.3) is 0 Å². The molecular weight excluding hydrogens is 336 g/mol. The lowest BCUT2D eigenvalue weighted by molar-refractivity contribution is -0.0498. The van der Waals surface area contributed by atoms with Crippen molar-refractivity contribution < 1.29 is 23.0 Å². The van der Waals surface area contributed by atoms with E-state index in [1.165, 1.54) is 6.07 Å². The summed E-state index contributed by atoms with van der Waals surface area (Å²) in [6.45, 7) is 3.02. The fourth-order valence-corrected chi connectivity index (χ4v) is 3.07. The number of ether oxygens (including phenoxy) is 2. The van der Waals surface area contributed by atoms with Crippen LogP contribution < -0.4 is 14.8 Å². The molecule has 2 aromatic rings. The number of carbonyl (C=O) groups is 1. The number of aryl methyl sites for hydroxylation is 1. The predicted octanol–water partition coefficient (Wildman–Crippen LogP) is 4.55. The van der Waals surface area contributed by atoms with E-state index in [1.807, 2.05) is 38.1 Å². The molecule has 0 aliphatic carbocycles. The van der Waals surface area contributed by atoms with Gasteiger partial charge in [-0.1, -0.05) is 12.1 Å². The van der Waals surface area contributed by atoms with Crippen LogP contribution in [0.5, 0.6) is 11.5 Å². The Hall–Kier alpha value is -2.15. The molecule has 0 saturated heterocycles. The number of halogens is 2. The lowest BCUT2D eigenvalue weighted by Crippen LogP contribution is -2.26. The highest BCUT2D eigenvalue weighted by atomic mass is 32.1. The molecule has 1 amide bonds. The molecule has 1 N–H and O–H groups in total. The number of rotatable bonds is 7. The molecule has 2 rings (SSSR count). The Balaban J connectivity index is 2.13. The lowest BCUT2D eigenvalue weighted by Gasteiger charge is -2.15. The van der Waals surface area contributed by atoms with Crippen molar-refractivity contribution in [3.05, 3.63) is 45.6 Å². The van der Waals surface area contributed by atoms with Gasteiger partial charge in [0.25, 0.3) is 5.91 Å². The van der Waals surface area contributed by atoms with E-state index in [0.29, 0.717) is 12.4 Å². The van der Waals surface area contributed by atoms with E-state index in [0.717, 1.165) is 21.8 Å². The molecule has 0 radical (unpaired) electrons. The van der Waals surface area contributed by atoms with Crippen molar-refractivity contribution in [2.24, 2.45) is 0 Å². The highest BCUT2D eigenvalue weighted by Gasteiger charge is 2.21. The minimum atomic E-state index is -2.97. The fraction of sp³-hybridized carbons (Fsp3) is 0.353. The second-order valence-electron chi connectivity index (χ2n) is 5.13. The Morgan fingerprint density at radius 3 is 2.75 bits per heavy atom. The molecule has 0 fully saturated rings. The fourth-order valence-electron chi connectivity index (χ4n) is 2.22. The van der Waals surface area contributed by atoms with Crippen LogP contribution in [0, 0.1) is 6.92 Å². The van der Waals surface area contributed by atoms with E-state index in [4.69, 9.17) is 4.74 Å². The molecule has 1 aromatic carbocycles. The van der Waals surface area contributed by atoms with Gasteiger partial charge in [-0.15, -0.1) is 11.3 Å². The van der Waals surface area contributed by atoms with Crippen LogP contribution in [0.15, 0.2) is 30.3 Å². The number of thiophene rings is 1. The molecule has 1 atom stereocenters. The molecule has 0 bridgehead atoms. The first-order valence-corrected chi connectivity index (χ1v) is 8.31. The van der Waals surface area contributed by atoms with Crippen LogP contribution in [0.1, 0.15) is 40.0 Å². The molecule has 1 unspecified atom stereocenters. The molecule has 1 aromatic heterocycles. The van der Waals surface area contributed by atoms with Gasteiger partial charge in [0.2, 0.25) is 0 Å². The molecule has 24 heavy (non-hydrogen) atoms. The van der Waals surface area contributed by atoms with Gasteiger partial charge in [-0.2, -0.15) is 8.78 Å². The van der Waals surface area contributed by atoms with Gasteiger partial charge in [0.15, 0.2) is 0 Å². The number of nitrogens with one attached hydrogen (secondary N) is 1. The van der Waals surface area contributed by atoms with E-state index in [2.05, 4.69) is 10.1 Å². The van der Waals surface area contributed by atoms with Crippen molar-refractivity contribution in [1.82, 2.24) is 5.32 Å². The van der Waals surface area contributed by atoms with E-state index < -0.39 is 12.5 Å². The van der Waals surface area contributed by atoms with Crippen molar-refractivity contribution >= 4 is 17.2 Å². The maximum absolute atomic E-state index is 12.5. The molecule has 7 heteroatoms. The average molecular weight is 355 g/mol. The summed E-state index contributed by atoms with van der Waals surface area (Å²) in [5.74, 6) is 0.170. The summed E-state index contributed by atoms with van der Waals surface area (Å²) in [5, 5.41) is 2.80. The molecule has 0 aliphatic heterocycles. The summed E-state index contributed by atoms with van der Waals surface area (Å²) in [6.07, 6.45) is 0. The van der Waals surface area contributed by atoms with Gasteiger partial charge >= 0.3 is 6.61 Å².